The van der Waals surface area contributed by atoms with Gasteiger partial charge >= 0.3 is 0 Å². The fourth-order valence-electron chi connectivity index (χ4n) is 3.78. The Labute approximate surface area is 170 Å². The van der Waals surface area contributed by atoms with Gasteiger partial charge in [-0.15, -0.1) is 0 Å². The molecule has 3 nitrogen and oxygen atoms in total. The van der Waals surface area contributed by atoms with Gasteiger partial charge in [0.25, 0.3) is 0 Å². The first-order valence-corrected chi connectivity index (χ1v) is 10.1. The molecule has 0 saturated carbocycles. The lowest BCUT2D eigenvalue weighted by atomic mass is 10.0. The number of aryl methyl sites for hydroxylation is 2. The van der Waals surface area contributed by atoms with Crippen LogP contribution in [0.5, 0.6) is 0 Å². The quantitative estimate of drug-likeness (QED) is 0.573. The average molecular weight is 400 g/mol. The van der Waals surface area contributed by atoms with Crippen molar-refractivity contribution in [1.82, 2.24) is 9.78 Å². The number of benzene rings is 2. The van der Waals surface area contributed by atoms with Crippen LogP contribution in [0.1, 0.15) is 40.8 Å². The second-order valence-electron chi connectivity index (χ2n) is 7.27. The number of rotatable bonds is 3. The monoisotopic (exact) mass is 399 g/mol. The van der Waals surface area contributed by atoms with E-state index in [9.17, 15) is 0 Å². The predicted molar refractivity (Wildman–Crippen MR) is 114 cm³/mol. The lowest BCUT2D eigenvalue weighted by molar-refractivity contribution is 0.767. The van der Waals surface area contributed by atoms with E-state index in [2.05, 4.69) is 42.0 Å². The van der Waals surface area contributed by atoms with Crippen LogP contribution >= 0.6 is 23.2 Å². The molecule has 0 radical (unpaired) electrons. The van der Waals surface area contributed by atoms with Gasteiger partial charge in [-0.3, -0.25) is 0 Å². The number of hydrogen-bond acceptors (Lipinski definition) is 2. The highest BCUT2D eigenvalue weighted by Gasteiger charge is 2.22. The van der Waals surface area contributed by atoms with Gasteiger partial charge in [0.2, 0.25) is 0 Å². The Bertz CT molecular complexity index is 991. The van der Waals surface area contributed by atoms with Crippen LogP contribution in [-0.2, 0) is 12.8 Å². The molecule has 0 unspecified atom stereocenters. The van der Waals surface area contributed by atoms with Gasteiger partial charge in [0.05, 0.1) is 11.4 Å². The summed E-state index contributed by atoms with van der Waals surface area (Å²) in [5, 5.41) is 9.98. The van der Waals surface area contributed by atoms with E-state index < -0.39 is 0 Å². The topological polar surface area (TPSA) is 29.9 Å². The summed E-state index contributed by atoms with van der Waals surface area (Å²) in [6.45, 7) is 5.24. The molecule has 27 heavy (non-hydrogen) atoms. The van der Waals surface area contributed by atoms with Crippen molar-refractivity contribution in [2.24, 2.45) is 0 Å². The molecule has 140 valence electrons. The van der Waals surface area contributed by atoms with E-state index in [4.69, 9.17) is 28.3 Å². The third kappa shape index (κ3) is 3.71. The Morgan fingerprint density at radius 3 is 2.70 bits per heavy atom. The standard InChI is InChI=1S/C22H23Cl2N3/c1-14-6-9-21(15(2)11-14)27-22-18(5-3-4-10-25-22)20(26-27)12-16-7-8-17(23)13-19(16)24/h6-9,11,13,25H,3-5,10,12H2,1-2H3. The number of halogens is 2. The third-order valence-electron chi connectivity index (χ3n) is 5.17. The zero-order chi connectivity index (χ0) is 19.0. The van der Waals surface area contributed by atoms with Gasteiger partial charge in [0, 0.05) is 28.6 Å². The molecule has 0 saturated heterocycles. The van der Waals surface area contributed by atoms with Gasteiger partial charge in [-0.2, -0.15) is 5.10 Å². The first-order chi connectivity index (χ1) is 13.0. The highest BCUT2D eigenvalue weighted by atomic mass is 35.5. The summed E-state index contributed by atoms with van der Waals surface area (Å²) in [6, 6.07) is 12.2. The predicted octanol–water partition coefficient (Wildman–Crippen LogP) is 6.13. The molecule has 1 aliphatic heterocycles. The third-order valence-corrected chi connectivity index (χ3v) is 5.75. The van der Waals surface area contributed by atoms with Crippen LogP contribution in [0.25, 0.3) is 5.69 Å². The molecular weight excluding hydrogens is 377 g/mol. The zero-order valence-electron chi connectivity index (χ0n) is 15.6. The minimum atomic E-state index is 0.657. The van der Waals surface area contributed by atoms with Crippen LogP contribution in [0.3, 0.4) is 0 Å². The Hall–Kier alpha value is -1.97. The van der Waals surface area contributed by atoms with Crippen LogP contribution in [0.4, 0.5) is 5.82 Å². The Balaban J connectivity index is 1.81. The van der Waals surface area contributed by atoms with E-state index in [-0.39, 0.29) is 0 Å². The molecule has 4 rings (SSSR count). The first kappa shape index (κ1) is 18.4. The molecule has 1 aromatic heterocycles. The molecule has 2 heterocycles. The van der Waals surface area contributed by atoms with E-state index in [1.165, 1.54) is 29.5 Å². The second kappa shape index (κ2) is 7.57. The fraction of sp³-hybridized carbons (Fsp3) is 0.318. The number of hydrogen-bond donors (Lipinski definition) is 1. The molecule has 0 atom stereocenters. The van der Waals surface area contributed by atoms with Crippen molar-refractivity contribution in [3.63, 3.8) is 0 Å². The number of fused-ring (bicyclic) bond motifs is 1. The van der Waals surface area contributed by atoms with Crippen molar-refractivity contribution in [3.05, 3.63) is 74.4 Å². The number of nitrogens with zero attached hydrogens (tertiary/aromatic N) is 2. The van der Waals surface area contributed by atoms with E-state index in [0.717, 1.165) is 35.7 Å². The minimum absolute atomic E-state index is 0.657. The highest BCUT2D eigenvalue weighted by molar-refractivity contribution is 6.35. The van der Waals surface area contributed by atoms with Crippen LogP contribution < -0.4 is 5.32 Å². The molecule has 0 aliphatic carbocycles. The van der Waals surface area contributed by atoms with Gasteiger partial charge in [-0.05, 0) is 62.4 Å². The van der Waals surface area contributed by atoms with E-state index in [0.29, 0.717) is 16.5 Å². The van der Waals surface area contributed by atoms with E-state index >= 15 is 0 Å². The van der Waals surface area contributed by atoms with E-state index in [1.807, 2.05) is 12.1 Å². The lowest BCUT2D eigenvalue weighted by Gasteiger charge is -2.12. The van der Waals surface area contributed by atoms with Crippen molar-refractivity contribution < 1.29 is 0 Å². The van der Waals surface area contributed by atoms with Gasteiger partial charge in [0.1, 0.15) is 5.82 Å². The highest BCUT2D eigenvalue weighted by Crippen LogP contribution is 2.32. The molecule has 1 N–H and O–H groups in total. The van der Waals surface area contributed by atoms with Gasteiger partial charge in [-0.1, -0.05) is 47.0 Å². The number of nitrogens with one attached hydrogen (secondary N) is 1. The molecule has 0 amide bonds. The number of aromatic nitrogens is 2. The minimum Gasteiger partial charge on any atom is -0.370 e. The molecule has 0 fully saturated rings. The normalized spacial score (nSPS) is 13.8. The Morgan fingerprint density at radius 1 is 1.07 bits per heavy atom. The first-order valence-electron chi connectivity index (χ1n) is 9.39. The van der Waals surface area contributed by atoms with Crippen LogP contribution in [0, 0.1) is 13.8 Å². The molecule has 0 spiro atoms. The van der Waals surface area contributed by atoms with Crippen LogP contribution in [0.15, 0.2) is 36.4 Å². The smallest absolute Gasteiger partial charge is 0.133 e. The SMILES string of the molecule is Cc1ccc(-n2nc(Cc3ccc(Cl)cc3Cl)c3c2NCCCC3)c(C)c1. The summed E-state index contributed by atoms with van der Waals surface area (Å²) in [4.78, 5) is 0. The van der Waals surface area contributed by atoms with Crippen LogP contribution in [-0.4, -0.2) is 16.3 Å². The van der Waals surface area contributed by atoms with Crippen molar-refractivity contribution in [2.45, 2.75) is 39.5 Å². The van der Waals surface area contributed by atoms with Gasteiger partial charge in [0.15, 0.2) is 0 Å². The maximum Gasteiger partial charge on any atom is 0.133 e. The summed E-state index contributed by atoms with van der Waals surface area (Å²) < 4.78 is 2.08. The van der Waals surface area contributed by atoms with Crippen LogP contribution in [0.2, 0.25) is 10.0 Å². The maximum atomic E-state index is 6.43. The maximum absolute atomic E-state index is 6.43. The summed E-state index contributed by atoms with van der Waals surface area (Å²) in [7, 11) is 0. The Morgan fingerprint density at radius 2 is 1.93 bits per heavy atom. The van der Waals surface area contributed by atoms with Crippen molar-refractivity contribution >= 4 is 29.0 Å². The molecule has 5 heteroatoms. The molecule has 2 aromatic carbocycles. The molecule has 1 aliphatic rings. The second-order valence-corrected chi connectivity index (χ2v) is 8.12. The van der Waals surface area contributed by atoms with Gasteiger partial charge < -0.3 is 5.32 Å². The van der Waals surface area contributed by atoms with E-state index in [1.54, 1.807) is 6.07 Å². The number of anilines is 1. The largest absolute Gasteiger partial charge is 0.370 e. The fourth-order valence-corrected chi connectivity index (χ4v) is 4.25. The Kier molecular flexibility index (Phi) is 5.16. The molecule has 0 bridgehead atoms. The average Bonchev–Trinajstić information content (AvgIpc) is 2.79. The lowest BCUT2D eigenvalue weighted by Crippen LogP contribution is -2.08. The summed E-state index contributed by atoms with van der Waals surface area (Å²) >= 11 is 12.5. The van der Waals surface area contributed by atoms with Gasteiger partial charge in [-0.25, -0.2) is 4.68 Å². The summed E-state index contributed by atoms with van der Waals surface area (Å²) in [5.74, 6) is 1.12. The summed E-state index contributed by atoms with van der Waals surface area (Å²) in [5.41, 5.74) is 7.05. The molecule has 3 aromatic rings. The van der Waals surface area contributed by atoms with Crippen molar-refractivity contribution in [3.8, 4) is 5.69 Å². The van der Waals surface area contributed by atoms with Crippen molar-refractivity contribution in [1.29, 1.82) is 0 Å². The summed E-state index contributed by atoms with van der Waals surface area (Å²) in [6.07, 6.45) is 4.08. The molecular formula is C22H23Cl2N3. The van der Waals surface area contributed by atoms with Crippen molar-refractivity contribution in [2.75, 3.05) is 11.9 Å². The zero-order valence-corrected chi connectivity index (χ0v) is 17.2.